The number of amides is 1. The van der Waals surface area contributed by atoms with E-state index in [-0.39, 0.29) is 12.0 Å². The van der Waals surface area contributed by atoms with E-state index in [0.29, 0.717) is 12.3 Å². The van der Waals surface area contributed by atoms with E-state index < -0.39 is 0 Å². The van der Waals surface area contributed by atoms with Gasteiger partial charge in [-0.3, -0.25) is 4.79 Å². The van der Waals surface area contributed by atoms with Crippen molar-refractivity contribution in [3.05, 3.63) is 65.9 Å². The number of H-pyrrole nitrogens is 1. The van der Waals surface area contributed by atoms with Crippen LogP contribution < -0.4 is 4.74 Å². The van der Waals surface area contributed by atoms with Crippen LogP contribution in [0.1, 0.15) is 29.9 Å². The normalized spacial score (nSPS) is 20.2. The SMILES string of the molecule is O=C(C1Cc2ccccc2O1)N1CCC(c2c[nH]c3ccccc23)CC1. The first-order chi connectivity index (χ1) is 12.8. The zero-order valence-electron chi connectivity index (χ0n) is 14.7. The summed E-state index contributed by atoms with van der Waals surface area (Å²) in [5.41, 5.74) is 3.72. The fraction of sp³-hybridized carbons (Fsp3) is 0.318. The lowest BCUT2D eigenvalue weighted by Crippen LogP contribution is -2.45. The zero-order chi connectivity index (χ0) is 17.5. The molecule has 0 saturated carbocycles. The van der Waals surface area contributed by atoms with Gasteiger partial charge >= 0.3 is 0 Å². The van der Waals surface area contributed by atoms with Gasteiger partial charge in [-0.05, 0) is 42.0 Å². The number of likely N-dealkylation sites (tertiary alicyclic amines) is 1. The molecule has 5 rings (SSSR count). The molecule has 2 aromatic carbocycles. The quantitative estimate of drug-likeness (QED) is 0.765. The number of aromatic nitrogens is 1. The Labute approximate surface area is 152 Å². The van der Waals surface area contributed by atoms with Crippen LogP contribution in [0, 0.1) is 0 Å². The molecule has 0 spiro atoms. The van der Waals surface area contributed by atoms with Crippen molar-refractivity contribution in [2.75, 3.05) is 13.1 Å². The van der Waals surface area contributed by atoms with E-state index in [4.69, 9.17) is 4.74 Å². The molecule has 26 heavy (non-hydrogen) atoms. The molecule has 1 N–H and O–H groups in total. The van der Waals surface area contributed by atoms with Crippen LogP contribution in [-0.4, -0.2) is 35.0 Å². The highest BCUT2D eigenvalue weighted by atomic mass is 16.5. The third kappa shape index (κ3) is 2.57. The first-order valence-electron chi connectivity index (χ1n) is 9.39. The van der Waals surface area contributed by atoms with Crippen molar-refractivity contribution >= 4 is 16.8 Å². The molecule has 1 saturated heterocycles. The number of carbonyl (C=O) groups is 1. The molecule has 1 aromatic heterocycles. The molecule has 1 fully saturated rings. The largest absolute Gasteiger partial charge is 0.480 e. The standard InChI is InChI=1S/C22H22N2O2/c25-22(21-13-16-5-1-4-8-20(16)26-21)24-11-9-15(10-12-24)18-14-23-19-7-3-2-6-17(18)19/h1-8,14-15,21,23H,9-13H2. The van der Waals surface area contributed by atoms with E-state index in [1.54, 1.807) is 0 Å². The molecule has 132 valence electrons. The third-order valence-electron chi connectivity index (χ3n) is 5.79. The molecule has 1 unspecified atom stereocenters. The van der Waals surface area contributed by atoms with Crippen molar-refractivity contribution in [1.82, 2.24) is 9.88 Å². The molecule has 4 heteroatoms. The summed E-state index contributed by atoms with van der Waals surface area (Å²) in [5, 5.41) is 1.31. The minimum atomic E-state index is -0.350. The highest BCUT2D eigenvalue weighted by molar-refractivity contribution is 5.84. The number of carbonyl (C=O) groups excluding carboxylic acids is 1. The van der Waals surface area contributed by atoms with Crippen LogP contribution in [0.5, 0.6) is 5.75 Å². The van der Waals surface area contributed by atoms with E-state index in [1.807, 2.05) is 29.2 Å². The molecule has 1 atom stereocenters. The Kier molecular flexibility index (Phi) is 3.70. The molecule has 0 radical (unpaired) electrons. The molecule has 3 aromatic rings. The topological polar surface area (TPSA) is 45.3 Å². The Hall–Kier alpha value is -2.75. The summed E-state index contributed by atoms with van der Waals surface area (Å²) < 4.78 is 5.88. The summed E-state index contributed by atoms with van der Waals surface area (Å²) in [6.45, 7) is 1.61. The van der Waals surface area contributed by atoms with Crippen LogP contribution in [0.25, 0.3) is 10.9 Å². The van der Waals surface area contributed by atoms with Crippen LogP contribution >= 0.6 is 0 Å². The third-order valence-corrected chi connectivity index (χ3v) is 5.79. The van der Waals surface area contributed by atoms with Crippen molar-refractivity contribution in [2.24, 2.45) is 0 Å². The maximum Gasteiger partial charge on any atom is 0.263 e. The monoisotopic (exact) mass is 346 g/mol. The summed E-state index contributed by atoms with van der Waals surface area (Å²) in [6.07, 6.45) is 4.50. The van der Waals surface area contributed by atoms with E-state index in [2.05, 4.69) is 35.4 Å². The van der Waals surface area contributed by atoms with Gasteiger partial charge in [0.1, 0.15) is 5.75 Å². The molecular weight excluding hydrogens is 324 g/mol. The number of para-hydroxylation sites is 2. The molecule has 1 amide bonds. The number of rotatable bonds is 2. The second kappa shape index (κ2) is 6.20. The van der Waals surface area contributed by atoms with Crippen molar-refractivity contribution in [3.63, 3.8) is 0 Å². The summed E-state index contributed by atoms with van der Waals surface area (Å²) in [4.78, 5) is 18.2. The highest BCUT2D eigenvalue weighted by Gasteiger charge is 2.34. The van der Waals surface area contributed by atoms with Gasteiger partial charge in [-0.1, -0.05) is 36.4 Å². The number of nitrogens with zero attached hydrogens (tertiary/aromatic N) is 1. The Morgan fingerprint density at radius 3 is 2.65 bits per heavy atom. The van der Waals surface area contributed by atoms with Gasteiger partial charge in [0.25, 0.3) is 5.91 Å². The van der Waals surface area contributed by atoms with Crippen LogP contribution in [0.4, 0.5) is 0 Å². The second-order valence-electron chi connectivity index (χ2n) is 7.31. The average molecular weight is 346 g/mol. The number of fused-ring (bicyclic) bond motifs is 2. The molecule has 2 aliphatic rings. The highest BCUT2D eigenvalue weighted by Crippen LogP contribution is 2.34. The number of ether oxygens (including phenoxy) is 1. The summed E-state index contributed by atoms with van der Waals surface area (Å²) in [7, 11) is 0. The molecule has 4 nitrogen and oxygen atoms in total. The predicted molar refractivity (Wildman–Crippen MR) is 101 cm³/mol. The van der Waals surface area contributed by atoms with Gasteiger partial charge in [0, 0.05) is 36.6 Å². The molecule has 2 aliphatic heterocycles. The van der Waals surface area contributed by atoms with E-state index in [9.17, 15) is 4.79 Å². The Morgan fingerprint density at radius 2 is 1.81 bits per heavy atom. The summed E-state index contributed by atoms with van der Waals surface area (Å²) >= 11 is 0. The lowest BCUT2D eigenvalue weighted by Gasteiger charge is -2.33. The summed E-state index contributed by atoms with van der Waals surface area (Å²) in [6, 6.07) is 16.4. The zero-order valence-corrected chi connectivity index (χ0v) is 14.7. The minimum absolute atomic E-state index is 0.138. The van der Waals surface area contributed by atoms with Gasteiger partial charge in [0.05, 0.1) is 0 Å². The number of benzene rings is 2. The van der Waals surface area contributed by atoms with Gasteiger partial charge in [-0.2, -0.15) is 0 Å². The van der Waals surface area contributed by atoms with Crippen molar-refractivity contribution in [3.8, 4) is 5.75 Å². The number of hydrogen-bond acceptors (Lipinski definition) is 2. The first kappa shape index (κ1) is 15.5. The number of hydrogen-bond donors (Lipinski definition) is 1. The molecule has 0 aliphatic carbocycles. The van der Waals surface area contributed by atoms with Crippen molar-refractivity contribution in [2.45, 2.75) is 31.3 Å². The maximum absolute atomic E-state index is 12.9. The van der Waals surface area contributed by atoms with Gasteiger partial charge in [0.2, 0.25) is 0 Å². The van der Waals surface area contributed by atoms with Crippen LogP contribution in [0.2, 0.25) is 0 Å². The van der Waals surface area contributed by atoms with Crippen LogP contribution in [0.15, 0.2) is 54.7 Å². The van der Waals surface area contributed by atoms with Crippen LogP contribution in [0.3, 0.4) is 0 Å². The van der Waals surface area contributed by atoms with Gasteiger partial charge in [-0.15, -0.1) is 0 Å². The van der Waals surface area contributed by atoms with Crippen molar-refractivity contribution in [1.29, 1.82) is 0 Å². The van der Waals surface area contributed by atoms with Gasteiger partial charge in [0.15, 0.2) is 6.10 Å². The first-order valence-corrected chi connectivity index (χ1v) is 9.39. The van der Waals surface area contributed by atoms with Gasteiger partial charge < -0.3 is 14.6 Å². The van der Waals surface area contributed by atoms with E-state index in [0.717, 1.165) is 37.2 Å². The predicted octanol–water partition coefficient (Wildman–Crippen LogP) is 3.88. The lowest BCUT2D eigenvalue weighted by molar-refractivity contribution is -0.139. The fourth-order valence-electron chi connectivity index (χ4n) is 4.37. The van der Waals surface area contributed by atoms with Crippen molar-refractivity contribution < 1.29 is 9.53 Å². The van der Waals surface area contributed by atoms with Gasteiger partial charge in [-0.25, -0.2) is 0 Å². The average Bonchev–Trinajstić information content (AvgIpc) is 3.32. The molecule has 0 bridgehead atoms. The maximum atomic E-state index is 12.9. The smallest absolute Gasteiger partial charge is 0.263 e. The Bertz CT molecular complexity index is 928. The number of piperidine rings is 1. The fourth-order valence-corrected chi connectivity index (χ4v) is 4.37. The number of aromatic amines is 1. The number of nitrogens with one attached hydrogen (secondary N) is 1. The summed E-state index contributed by atoms with van der Waals surface area (Å²) in [5.74, 6) is 1.51. The van der Waals surface area contributed by atoms with E-state index >= 15 is 0 Å². The Morgan fingerprint density at radius 1 is 1.04 bits per heavy atom. The minimum Gasteiger partial charge on any atom is -0.480 e. The second-order valence-corrected chi connectivity index (χ2v) is 7.31. The molecule has 3 heterocycles. The lowest BCUT2D eigenvalue weighted by atomic mass is 9.89. The Balaban J connectivity index is 1.25. The van der Waals surface area contributed by atoms with Crippen LogP contribution in [-0.2, 0) is 11.2 Å². The molecular formula is C22H22N2O2. The van der Waals surface area contributed by atoms with E-state index in [1.165, 1.54) is 16.5 Å².